The van der Waals surface area contributed by atoms with E-state index in [2.05, 4.69) is 9.88 Å². The molecular formula is C23H28N2O3. The molecule has 28 heavy (non-hydrogen) atoms. The number of ketones is 1. The zero-order chi connectivity index (χ0) is 20.4. The van der Waals surface area contributed by atoms with E-state index in [1.165, 1.54) is 0 Å². The Hall–Kier alpha value is -2.79. The minimum atomic E-state index is -0.259. The van der Waals surface area contributed by atoms with Crippen LogP contribution in [-0.4, -0.2) is 43.0 Å². The fourth-order valence-corrected chi connectivity index (χ4v) is 3.60. The smallest absolute Gasteiger partial charge is 0.182 e. The third-order valence-electron chi connectivity index (χ3n) is 5.44. The minimum Gasteiger partial charge on any atom is -0.493 e. The fourth-order valence-electron chi connectivity index (χ4n) is 3.60. The topological polar surface area (TPSA) is 54.6 Å². The molecule has 0 saturated heterocycles. The highest BCUT2D eigenvalue weighted by atomic mass is 16.5. The molecule has 0 aliphatic heterocycles. The number of aryl methyl sites for hydroxylation is 2. The molecule has 0 fully saturated rings. The number of hydrogen-bond acceptors (Lipinski definition) is 4. The zero-order valence-corrected chi connectivity index (χ0v) is 17.4. The van der Waals surface area contributed by atoms with E-state index in [0.717, 1.165) is 33.3 Å². The monoisotopic (exact) mass is 380 g/mol. The highest BCUT2D eigenvalue weighted by Gasteiger charge is 2.25. The van der Waals surface area contributed by atoms with Gasteiger partial charge in [0.15, 0.2) is 17.3 Å². The van der Waals surface area contributed by atoms with Gasteiger partial charge in [-0.15, -0.1) is 0 Å². The lowest BCUT2D eigenvalue weighted by atomic mass is 10.00. The first-order valence-electron chi connectivity index (χ1n) is 9.40. The third kappa shape index (κ3) is 3.62. The summed E-state index contributed by atoms with van der Waals surface area (Å²) in [7, 11) is 5.24. The molecule has 0 aliphatic carbocycles. The number of fused-ring (bicyclic) bond motifs is 1. The summed E-state index contributed by atoms with van der Waals surface area (Å²) in [5.74, 6) is 1.53. The van der Waals surface area contributed by atoms with Crippen molar-refractivity contribution in [3.8, 4) is 11.5 Å². The summed E-state index contributed by atoms with van der Waals surface area (Å²) in [4.78, 5) is 18.7. The summed E-state index contributed by atoms with van der Waals surface area (Å²) >= 11 is 0. The van der Waals surface area contributed by atoms with E-state index in [9.17, 15) is 4.79 Å². The number of rotatable bonds is 7. The molecule has 1 atom stereocenters. The molecule has 1 heterocycles. The number of nitrogens with zero attached hydrogens (tertiary/aromatic N) is 1. The van der Waals surface area contributed by atoms with Gasteiger partial charge in [-0.2, -0.15) is 0 Å². The quantitative estimate of drug-likeness (QED) is 0.613. The molecule has 3 aromatic rings. The van der Waals surface area contributed by atoms with Gasteiger partial charge in [0.25, 0.3) is 0 Å². The van der Waals surface area contributed by atoms with Gasteiger partial charge in [0.2, 0.25) is 0 Å². The van der Waals surface area contributed by atoms with Crippen LogP contribution in [0.15, 0.2) is 36.4 Å². The highest BCUT2D eigenvalue weighted by molar-refractivity contribution is 6.11. The molecule has 0 unspecified atom stereocenters. The van der Waals surface area contributed by atoms with Gasteiger partial charge in [-0.1, -0.05) is 18.2 Å². The van der Waals surface area contributed by atoms with Crippen molar-refractivity contribution in [2.45, 2.75) is 33.4 Å². The van der Waals surface area contributed by atoms with Gasteiger partial charge in [-0.05, 0) is 57.1 Å². The lowest BCUT2D eigenvalue weighted by Gasteiger charge is -2.25. The summed E-state index contributed by atoms with van der Waals surface area (Å²) in [5, 5.41) is 0.979. The Bertz CT molecular complexity index is 1010. The number of carbonyl (C=O) groups excluding carboxylic acids is 1. The summed E-state index contributed by atoms with van der Waals surface area (Å²) < 4.78 is 10.8. The van der Waals surface area contributed by atoms with E-state index in [4.69, 9.17) is 9.47 Å². The van der Waals surface area contributed by atoms with Crippen molar-refractivity contribution in [1.29, 1.82) is 0 Å². The average molecular weight is 380 g/mol. The van der Waals surface area contributed by atoms with Gasteiger partial charge in [-0.25, -0.2) is 0 Å². The molecule has 0 spiro atoms. The Kier molecular flexibility index (Phi) is 5.75. The number of aromatic nitrogens is 1. The van der Waals surface area contributed by atoms with Crippen molar-refractivity contribution in [3.63, 3.8) is 0 Å². The lowest BCUT2D eigenvalue weighted by Crippen LogP contribution is -2.36. The molecule has 3 rings (SSSR count). The van der Waals surface area contributed by atoms with Crippen molar-refractivity contribution in [2.75, 3.05) is 21.3 Å². The van der Waals surface area contributed by atoms with Crippen molar-refractivity contribution in [1.82, 2.24) is 9.88 Å². The van der Waals surface area contributed by atoms with Crippen LogP contribution in [0.25, 0.3) is 10.9 Å². The Morgan fingerprint density at radius 2 is 1.75 bits per heavy atom. The number of H-pyrrole nitrogens is 1. The largest absolute Gasteiger partial charge is 0.493 e. The van der Waals surface area contributed by atoms with Gasteiger partial charge in [0.1, 0.15) is 0 Å². The van der Waals surface area contributed by atoms with Gasteiger partial charge in [0.05, 0.1) is 20.3 Å². The molecule has 2 aromatic carbocycles. The number of carbonyl (C=O) groups is 1. The van der Waals surface area contributed by atoms with Crippen LogP contribution < -0.4 is 9.47 Å². The molecular weight excluding hydrogens is 352 g/mol. The molecule has 5 heteroatoms. The van der Waals surface area contributed by atoms with Gasteiger partial charge >= 0.3 is 0 Å². The average Bonchev–Trinajstić information content (AvgIpc) is 3.03. The molecule has 148 valence electrons. The van der Waals surface area contributed by atoms with Crippen molar-refractivity contribution >= 4 is 16.7 Å². The van der Waals surface area contributed by atoms with Crippen LogP contribution in [0.1, 0.15) is 34.1 Å². The first-order valence-corrected chi connectivity index (χ1v) is 9.40. The van der Waals surface area contributed by atoms with E-state index in [-0.39, 0.29) is 11.8 Å². The molecule has 0 amide bonds. The Balaban J connectivity index is 1.85. The number of methoxy groups -OCH3 is 2. The fraction of sp³-hybridized carbons (Fsp3) is 0.348. The van der Waals surface area contributed by atoms with Gasteiger partial charge in [-0.3, -0.25) is 9.69 Å². The van der Waals surface area contributed by atoms with E-state index in [0.29, 0.717) is 18.0 Å². The maximum absolute atomic E-state index is 13.3. The molecule has 1 aromatic heterocycles. The number of para-hydroxylation sites is 1. The van der Waals surface area contributed by atoms with Crippen LogP contribution in [-0.2, 0) is 6.54 Å². The van der Waals surface area contributed by atoms with E-state index < -0.39 is 0 Å². The van der Waals surface area contributed by atoms with Gasteiger partial charge < -0.3 is 14.5 Å². The van der Waals surface area contributed by atoms with Crippen molar-refractivity contribution in [3.05, 3.63) is 58.8 Å². The molecule has 0 bridgehead atoms. The molecule has 0 aliphatic rings. The second kappa shape index (κ2) is 8.07. The summed E-state index contributed by atoms with van der Waals surface area (Å²) in [6, 6.07) is 11.6. The number of likely N-dealkylation sites (N-methyl/N-ethyl adjacent to an activating group) is 1. The van der Waals surface area contributed by atoms with Gasteiger partial charge in [0, 0.05) is 28.7 Å². The third-order valence-corrected chi connectivity index (χ3v) is 5.44. The van der Waals surface area contributed by atoms with Crippen molar-refractivity contribution < 1.29 is 14.3 Å². The van der Waals surface area contributed by atoms with Crippen LogP contribution in [0, 0.1) is 13.8 Å². The Morgan fingerprint density at radius 1 is 1.11 bits per heavy atom. The molecule has 0 radical (unpaired) electrons. The van der Waals surface area contributed by atoms with Crippen LogP contribution >= 0.6 is 0 Å². The van der Waals surface area contributed by atoms with E-state index in [1.807, 2.05) is 64.2 Å². The number of aromatic amines is 1. The summed E-state index contributed by atoms with van der Waals surface area (Å²) in [6.45, 7) is 6.60. The van der Waals surface area contributed by atoms with Crippen LogP contribution in [0.3, 0.4) is 0 Å². The second-order valence-electron chi connectivity index (χ2n) is 7.26. The predicted molar refractivity (Wildman–Crippen MR) is 113 cm³/mol. The number of Topliss-reactive ketones (excluding diaryl/α,β-unsaturated/α-hetero) is 1. The Morgan fingerprint density at radius 3 is 2.43 bits per heavy atom. The van der Waals surface area contributed by atoms with Crippen LogP contribution in [0.5, 0.6) is 11.5 Å². The molecule has 5 nitrogen and oxygen atoms in total. The minimum absolute atomic E-state index is 0.121. The lowest BCUT2D eigenvalue weighted by molar-refractivity contribution is 0.0863. The Labute approximate surface area is 166 Å². The SMILES string of the molecule is COc1cc(C)c(CN(C)[C@H](C)C(=O)c2c(C)[nH]c3ccccc23)cc1OC. The van der Waals surface area contributed by atoms with Crippen LogP contribution in [0.4, 0.5) is 0 Å². The molecule has 0 saturated carbocycles. The molecule has 1 N–H and O–H groups in total. The first-order chi connectivity index (χ1) is 13.4. The number of ether oxygens (including phenoxy) is 2. The standard InChI is InChI=1S/C23H28N2O3/c1-14-11-20(27-5)21(28-6)12-17(14)13-25(4)16(3)23(26)22-15(2)24-19-10-8-7-9-18(19)22/h7-12,16,24H,13H2,1-6H3/t16-/m1/s1. The second-order valence-corrected chi connectivity index (χ2v) is 7.26. The maximum Gasteiger partial charge on any atom is 0.182 e. The van der Waals surface area contributed by atoms with E-state index in [1.54, 1.807) is 14.2 Å². The number of nitrogens with one attached hydrogen (secondary N) is 1. The summed E-state index contributed by atoms with van der Waals surface area (Å²) in [6.07, 6.45) is 0. The number of hydrogen-bond donors (Lipinski definition) is 1. The number of benzene rings is 2. The van der Waals surface area contributed by atoms with E-state index >= 15 is 0 Å². The van der Waals surface area contributed by atoms with Crippen LogP contribution in [0.2, 0.25) is 0 Å². The zero-order valence-electron chi connectivity index (χ0n) is 17.4. The highest BCUT2D eigenvalue weighted by Crippen LogP contribution is 2.31. The predicted octanol–water partition coefficient (Wildman–Crippen LogP) is 4.51. The normalized spacial score (nSPS) is 12.4. The maximum atomic E-state index is 13.3. The van der Waals surface area contributed by atoms with Crippen molar-refractivity contribution in [2.24, 2.45) is 0 Å². The first kappa shape index (κ1) is 20.0. The summed E-state index contributed by atoms with van der Waals surface area (Å²) in [5.41, 5.74) is 4.89.